The molecule has 0 aliphatic carbocycles. The largest absolute Gasteiger partial charge is 0.515 e. The number of aromatic nitrogens is 1. The summed E-state index contributed by atoms with van der Waals surface area (Å²) in [6.07, 6.45) is 4.23. The van der Waals surface area contributed by atoms with Crippen molar-refractivity contribution in [2.24, 2.45) is 0 Å². The van der Waals surface area contributed by atoms with Crippen LogP contribution in [0.1, 0.15) is 5.01 Å². The van der Waals surface area contributed by atoms with Gasteiger partial charge in [-0.05, 0) is 0 Å². The zero-order chi connectivity index (χ0) is 5.82. The van der Waals surface area contributed by atoms with Crippen molar-refractivity contribution in [1.29, 1.82) is 0 Å². The van der Waals surface area contributed by atoms with E-state index in [4.69, 9.17) is 5.11 Å². The maximum atomic E-state index is 8.22. The molecule has 1 heterocycles. The summed E-state index contributed by atoms with van der Waals surface area (Å²) >= 11 is 1.49. The molecule has 1 rings (SSSR count). The molecule has 0 unspecified atom stereocenters. The normalized spacial score (nSPS) is 10.5. The van der Waals surface area contributed by atoms with Crippen molar-refractivity contribution in [3.63, 3.8) is 0 Å². The van der Waals surface area contributed by atoms with Crippen molar-refractivity contribution in [1.82, 2.24) is 4.98 Å². The van der Waals surface area contributed by atoms with E-state index in [9.17, 15) is 0 Å². The van der Waals surface area contributed by atoms with Crippen molar-refractivity contribution < 1.29 is 5.11 Å². The van der Waals surface area contributed by atoms with Gasteiger partial charge < -0.3 is 5.11 Å². The number of hydrogen-bond acceptors (Lipinski definition) is 3. The van der Waals surface area contributed by atoms with E-state index >= 15 is 0 Å². The van der Waals surface area contributed by atoms with Crippen LogP contribution >= 0.6 is 11.3 Å². The van der Waals surface area contributed by atoms with Gasteiger partial charge in [-0.25, -0.2) is 4.98 Å². The van der Waals surface area contributed by atoms with Crippen LogP contribution < -0.4 is 0 Å². The van der Waals surface area contributed by atoms with Crippen LogP contribution in [0.25, 0.3) is 6.08 Å². The quantitative estimate of drug-likeness (QED) is 0.582. The molecule has 0 spiro atoms. The minimum Gasteiger partial charge on any atom is -0.515 e. The average Bonchev–Trinajstić information content (AvgIpc) is 2.19. The summed E-state index contributed by atoms with van der Waals surface area (Å²) in [6, 6.07) is 0. The maximum Gasteiger partial charge on any atom is 0.119 e. The van der Waals surface area contributed by atoms with Gasteiger partial charge in [0, 0.05) is 17.7 Å². The first-order chi connectivity index (χ1) is 3.93. The lowest BCUT2D eigenvalue weighted by Crippen LogP contribution is -1.61. The Hall–Kier alpha value is -0.830. The third-order valence-electron chi connectivity index (χ3n) is 0.669. The van der Waals surface area contributed by atoms with Crippen LogP contribution in [0.4, 0.5) is 0 Å². The van der Waals surface area contributed by atoms with E-state index in [0.717, 1.165) is 11.3 Å². The topological polar surface area (TPSA) is 33.1 Å². The fourth-order valence-electron chi connectivity index (χ4n) is 0.381. The highest BCUT2D eigenvalue weighted by molar-refractivity contribution is 7.10. The van der Waals surface area contributed by atoms with Crippen molar-refractivity contribution in [2.75, 3.05) is 0 Å². The molecule has 0 saturated carbocycles. The Morgan fingerprint density at radius 2 is 2.62 bits per heavy atom. The molecule has 3 heteroatoms. The summed E-state index contributed by atoms with van der Waals surface area (Å²) in [5, 5.41) is 10.9. The second kappa shape index (κ2) is 2.47. The van der Waals surface area contributed by atoms with Crippen molar-refractivity contribution in [3.05, 3.63) is 22.8 Å². The molecule has 0 fully saturated rings. The van der Waals surface area contributed by atoms with Crippen molar-refractivity contribution >= 4 is 17.4 Å². The summed E-state index contributed by atoms with van der Waals surface area (Å²) in [5.41, 5.74) is 0. The Labute approximate surface area is 51.1 Å². The van der Waals surface area contributed by atoms with Gasteiger partial charge >= 0.3 is 0 Å². The van der Waals surface area contributed by atoms with E-state index in [1.54, 1.807) is 12.3 Å². The third kappa shape index (κ3) is 1.07. The first-order valence-electron chi connectivity index (χ1n) is 2.14. The van der Waals surface area contributed by atoms with Crippen LogP contribution in [0.3, 0.4) is 0 Å². The predicted molar refractivity (Wildman–Crippen MR) is 33.8 cm³/mol. The van der Waals surface area contributed by atoms with Crippen LogP contribution in [0.5, 0.6) is 0 Å². The molecule has 0 bridgehead atoms. The number of rotatable bonds is 1. The van der Waals surface area contributed by atoms with Gasteiger partial charge in [-0.3, -0.25) is 0 Å². The molecule has 0 amide bonds. The molecule has 1 N–H and O–H groups in total. The zero-order valence-corrected chi connectivity index (χ0v) is 4.93. The predicted octanol–water partition coefficient (Wildman–Crippen LogP) is 1.67. The Balaban J connectivity index is 2.77. The van der Waals surface area contributed by atoms with Gasteiger partial charge in [-0.2, -0.15) is 0 Å². The SMILES string of the molecule is OC=Cc1nccs1. The minimum absolute atomic E-state index is 0.826. The summed E-state index contributed by atoms with van der Waals surface area (Å²) in [4.78, 5) is 3.88. The van der Waals surface area contributed by atoms with Gasteiger partial charge in [0.1, 0.15) is 5.01 Å². The number of thiazole rings is 1. The van der Waals surface area contributed by atoms with Crippen LogP contribution in [0, 0.1) is 0 Å². The van der Waals surface area contributed by atoms with E-state index in [0.29, 0.717) is 0 Å². The minimum atomic E-state index is 0.826. The van der Waals surface area contributed by atoms with Crippen LogP contribution in [0.15, 0.2) is 17.8 Å². The monoisotopic (exact) mass is 127 g/mol. The second-order valence-electron chi connectivity index (χ2n) is 1.19. The number of aliphatic hydroxyl groups excluding tert-OH is 1. The molecule has 1 aromatic heterocycles. The molecule has 2 nitrogen and oxygen atoms in total. The molecule has 0 atom stereocenters. The van der Waals surface area contributed by atoms with Gasteiger partial charge in [0.05, 0.1) is 6.26 Å². The standard InChI is InChI=1S/C5H5NOS/c7-3-1-5-6-2-4-8-5/h1-4,7H. The Morgan fingerprint density at radius 3 is 3.12 bits per heavy atom. The highest BCUT2D eigenvalue weighted by Gasteiger charge is 1.83. The maximum absolute atomic E-state index is 8.22. The molecule has 0 aromatic carbocycles. The molecular weight excluding hydrogens is 122 g/mol. The summed E-state index contributed by atoms with van der Waals surface area (Å²) < 4.78 is 0. The summed E-state index contributed by atoms with van der Waals surface area (Å²) in [6.45, 7) is 0. The van der Waals surface area contributed by atoms with E-state index in [2.05, 4.69) is 4.98 Å². The van der Waals surface area contributed by atoms with Gasteiger partial charge in [0.25, 0.3) is 0 Å². The molecular formula is C5H5NOS. The molecule has 8 heavy (non-hydrogen) atoms. The smallest absolute Gasteiger partial charge is 0.119 e. The first-order valence-corrected chi connectivity index (χ1v) is 3.01. The molecule has 1 aromatic rings. The zero-order valence-electron chi connectivity index (χ0n) is 4.11. The third-order valence-corrected chi connectivity index (χ3v) is 1.41. The van der Waals surface area contributed by atoms with Gasteiger partial charge in [-0.15, -0.1) is 11.3 Å². The lowest BCUT2D eigenvalue weighted by atomic mass is 10.7. The first kappa shape index (κ1) is 5.31. The van der Waals surface area contributed by atoms with E-state index < -0.39 is 0 Å². The Bertz CT molecular complexity index is 169. The van der Waals surface area contributed by atoms with Gasteiger partial charge in [0.15, 0.2) is 0 Å². The fourth-order valence-corrected chi connectivity index (χ4v) is 0.903. The van der Waals surface area contributed by atoms with Gasteiger partial charge in [-0.1, -0.05) is 0 Å². The summed E-state index contributed by atoms with van der Waals surface area (Å²) in [7, 11) is 0. The summed E-state index contributed by atoms with van der Waals surface area (Å²) in [5.74, 6) is 0. The molecule has 0 radical (unpaired) electrons. The fraction of sp³-hybridized carbons (Fsp3) is 0. The van der Waals surface area contributed by atoms with E-state index in [-0.39, 0.29) is 0 Å². The lowest BCUT2D eigenvalue weighted by molar-refractivity contribution is 0.478. The number of nitrogens with zero attached hydrogens (tertiary/aromatic N) is 1. The van der Waals surface area contributed by atoms with Crippen molar-refractivity contribution in [3.8, 4) is 0 Å². The molecule has 42 valence electrons. The number of aliphatic hydroxyl groups is 1. The van der Waals surface area contributed by atoms with Crippen LogP contribution in [-0.2, 0) is 0 Å². The highest BCUT2D eigenvalue weighted by atomic mass is 32.1. The highest BCUT2D eigenvalue weighted by Crippen LogP contribution is 2.04. The van der Waals surface area contributed by atoms with E-state index in [1.807, 2.05) is 5.38 Å². The number of hydrogen-bond donors (Lipinski definition) is 1. The molecule has 0 aliphatic rings. The van der Waals surface area contributed by atoms with E-state index in [1.165, 1.54) is 11.3 Å². The van der Waals surface area contributed by atoms with Crippen LogP contribution in [0.2, 0.25) is 0 Å². The average molecular weight is 127 g/mol. The van der Waals surface area contributed by atoms with Gasteiger partial charge in [0.2, 0.25) is 0 Å². The Morgan fingerprint density at radius 1 is 1.75 bits per heavy atom. The Kier molecular flexibility index (Phi) is 1.64. The lowest BCUT2D eigenvalue weighted by Gasteiger charge is -1.73. The molecule has 0 aliphatic heterocycles. The molecule has 0 saturated heterocycles. The second-order valence-corrected chi connectivity index (χ2v) is 2.11. The van der Waals surface area contributed by atoms with Crippen LogP contribution in [-0.4, -0.2) is 10.1 Å². The van der Waals surface area contributed by atoms with Crippen molar-refractivity contribution in [2.45, 2.75) is 0 Å².